The topological polar surface area (TPSA) is 24.9 Å². The van der Waals surface area contributed by atoms with Gasteiger partial charge in [0.05, 0.1) is 0 Å². The molecule has 15 heavy (non-hydrogen) atoms. The van der Waals surface area contributed by atoms with Gasteiger partial charge in [-0.15, -0.1) is 0 Å². The van der Waals surface area contributed by atoms with Gasteiger partial charge in [-0.25, -0.2) is 4.39 Å². The normalized spacial score (nSPS) is 9.93. The van der Waals surface area contributed by atoms with Crippen LogP contribution in [0.25, 0.3) is 0 Å². The van der Waals surface area contributed by atoms with E-state index >= 15 is 0 Å². The molecule has 0 saturated heterocycles. The van der Waals surface area contributed by atoms with Crippen LogP contribution in [-0.4, -0.2) is 4.98 Å². The quantitative estimate of drug-likeness (QED) is 0.827. The molecule has 0 spiro atoms. The molecule has 0 aliphatic rings. The van der Waals surface area contributed by atoms with Crippen molar-refractivity contribution in [1.29, 1.82) is 0 Å². The highest BCUT2D eigenvalue weighted by molar-refractivity contribution is 5.43. The molecule has 0 fully saturated rings. The molecule has 1 heterocycles. The maximum absolute atomic E-state index is 12.8. The van der Waals surface area contributed by atoms with Crippen LogP contribution in [0.5, 0.6) is 0 Å². The summed E-state index contributed by atoms with van der Waals surface area (Å²) in [7, 11) is 0. The van der Waals surface area contributed by atoms with Crippen LogP contribution in [0.1, 0.15) is 5.56 Å². The van der Waals surface area contributed by atoms with Crippen LogP contribution < -0.4 is 5.32 Å². The van der Waals surface area contributed by atoms with Gasteiger partial charge in [-0.05, 0) is 35.9 Å². The van der Waals surface area contributed by atoms with Gasteiger partial charge in [-0.2, -0.15) is 0 Å². The van der Waals surface area contributed by atoms with E-state index in [1.54, 1.807) is 18.5 Å². The first-order valence-electron chi connectivity index (χ1n) is 4.73. The summed E-state index contributed by atoms with van der Waals surface area (Å²) < 4.78 is 12.8. The fraction of sp³-hybridized carbons (Fsp3) is 0.0833. The van der Waals surface area contributed by atoms with E-state index in [1.165, 1.54) is 12.1 Å². The Balaban J connectivity index is 1.99. The highest BCUT2D eigenvalue weighted by atomic mass is 19.1. The van der Waals surface area contributed by atoms with Crippen molar-refractivity contribution in [2.45, 2.75) is 6.54 Å². The zero-order valence-corrected chi connectivity index (χ0v) is 8.15. The summed E-state index contributed by atoms with van der Waals surface area (Å²) in [4.78, 5) is 3.93. The van der Waals surface area contributed by atoms with E-state index < -0.39 is 0 Å². The Morgan fingerprint density at radius 2 is 1.93 bits per heavy atom. The second-order valence-electron chi connectivity index (χ2n) is 3.22. The molecule has 0 bridgehead atoms. The summed E-state index contributed by atoms with van der Waals surface area (Å²) >= 11 is 0. The standard InChI is InChI=1S/C12H11FN2/c13-11-2-1-3-12(8-11)15-9-10-4-6-14-7-5-10/h1-8,15H,9H2. The number of aromatic nitrogens is 1. The summed E-state index contributed by atoms with van der Waals surface area (Å²) in [5.74, 6) is -0.227. The van der Waals surface area contributed by atoms with E-state index in [2.05, 4.69) is 10.3 Å². The maximum Gasteiger partial charge on any atom is 0.125 e. The largest absolute Gasteiger partial charge is 0.381 e. The Labute approximate surface area is 87.8 Å². The molecule has 2 rings (SSSR count). The summed E-state index contributed by atoms with van der Waals surface area (Å²) in [6.45, 7) is 0.673. The van der Waals surface area contributed by atoms with Crippen LogP contribution in [0.15, 0.2) is 48.8 Å². The van der Waals surface area contributed by atoms with Crippen molar-refractivity contribution in [3.05, 3.63) is 60.2 Å². The molecule has 76 valence electrons. The summed E-state index contributed by atoms with van der Waals surface area (Å²) in [6, 6.07) is 10.3. The van der Waals surface area contributed by atoms with Crippen molar-refractivity contribution in [3.63, 3.8) is 0 Å². The molecule has 0 unspecified atom stereocenters. The van der Waals surface area contributed by atoms with Crippen LogP contribution >= 0.6 is 0 Å². The number of rotatable bonds is 3. The van der Waals surface area contributed by atoms with Crippen molar-refractivity contribution in [3.8, 4) is 0 Å². The molecular formula is C12H11FN2. The lowest BCUT2D eigenvalue weighted by atomic mass is 10.2. The van der Waals surface area contributed by atoms with Gasteiger partial charge in [-0.3, -0.25) is 4.98 Å². The first-order chi connectivity index (χ1) is 7.34. The van der Waals surface area contributed by atoms with Gasteiger partial charge in [-0.1, -0.05) is 6.07 Å². The van der Waals surface area contributed by atoms with Crippen molar-refractivity contribution in [1.82, 2.24) is 4.98 Å². The number of nitrogens with zero attached hydrogens (tertiary/aromatic N) is 1. The fourth-order valence-electron chi connectivity index (χ4n) is 1.30. The predicted molar refractivity (Wildman–Crippen MR) is 58.0 cm³/mol. The molecule has 2 nitrogen and oxygen atoms in total. The Morgan fingerprint density at radius 1 is 1.13 bits per heavy atom. The summed E-state index contributed by atoms with van der Waals surface area (Å²) in [5.41, 5.74) is 1.90. The van der Waals surface area contributed by atoms with Gasteiger partial charge < -0.3 is 5.32 Å². The van der Waals surface area contributed by atoms with E-state index in [1.807, 2.05) is 18.2 Å². The van der Waals surface area contributed by atoms with E-state index in [4.69, 9.17) is 0 Å². The average Bonchev–Trinajstić information content (AvgIpc) is 2.28. The lowest BCUT2D eigenvalue weighted by Crippen LogP contribution is -1.99. The Bertz CT molecular complexity index is 429. The second kappa shape index (κ2) is 4.55. The van der Waals surface area contributed by atoms with Gasteiger partial charge in [0.15, 0.2) is 0 Å². The van der Waals surface area contributed by atoms with Crippen LogP contribution in [0.3, 0.4) is 0 Å². The van der Waals surface area contributed by atoms with Crippen LogP contribution in [0.4, 0.5) is 10.1 Å². The SMILES string of the molecule is Fc1cccc(NCc2ccncc2)c1. The van der Waals surface area contributed by atoms with Gasteiger partial charge >= 0.3 is 0 Å². The third-order valence-electron chi connectivity index (χ3n) is 2.07. The zero-order valence-electron chi connectivity index (χ0n) is 8.15. The third kappa shape index (κ3) is 2.77. The third-order valence-corrected chi connectivity index (χ3v) is 2.07. The van der Waals surface area contributed by atoms with Gasteiger partial charge in [0.2, 0.25) is 0 Å². The highest BCUT2D eigenvalue weighted by Crippen LogP contribution is 2.10. The number of hydrogen-bond donors (Lipinski definition) is 1. The molecule has 0 atom stereocenters. The zero-order chi connectivity index (χ0) is 10.5. The minimum Gasteiger partial charge on any atom is -0.381 e. The predicted octanol–water partition coefficient (Wildman–Crippen LogP) is 2.83. The van der Waals surface area contributed by atoms with Gasteiger partial charge in [0.25, 0.3) is 0 Å². The molecule has 0 amide bonds. The van der Waals surface area contributed by atoms with Gasteiger partial charge in [0, 0.05) is 24.6 Å². The molecular weight excluding hydrogens is 191 g/mol. The van der Waals surface area contributed by atoms with Crippen molar-refractivity contribution < 1.29 is 4.39 Å². The first kappa shape index (κ1) is 9.65. The Kier molecular flexibility index (Phi) is 2.93. The molecule has 1 aromatic heterocycles. The molecule has 1 aromatic carbocycles. The number of benzene rings is 1. The molecule has 2 aromatic rings. The van der Waals surface area contributed by atoms with Crippen LogP contribution in [-0.2, 0) is 6.54 Å². The minimum absolute atomic E-state index is 0.227. The summed E-state index contributed by atoms with van der Waals surface area (Å²) in [6.07, 6.45) is 3.48. The molecule has 1 N–H and O–H groups in total. The van der Waals surface area contributed by atoms with E-state index in [-0.39, 0.29) is 5.82 Å². The second-order valence-corrected chi connectivity index (χ2v) is 3.22. The summed E-state index contributed by atoms with van der Waals surface area (Å²) in [5, 5.41) is 3.13. The van der Waals surface area contributed by atoms with Crippen LogP contribution in [0, 0.1) is 5.82 Å². The molecule has 0 aliphatic heterocycles. The van der Waals surface area contributed by atoms with Crippen molar-refractivity contribution in [2.24, 2.45) is 0 Å². The van der Waals surface area contributed by atoms with E-state index in [0.29, 0.717) is 6.54 Å². The molecule has 0 aliphatic carbocycles. The lowest BCUT2D eigenvalue weighted by Gasteiger charge is -2.05. The number of halogens is 1. The number of hydrogen-bond acceptors (Lipinski definition) is 2. The number of anilines is 1. The van der Waals surface area contributed by atoms with Crippen molar-refractivity contribution in [2.75, 3.05) is 5.32 Å². The highest BCUT2D eigenvalue weighted by Gasteiger charge is 1.94. The minimum atomic E-state index is -0.227. The Hall–Kier alpha value is -1.90. The average molecular weight is 202 g/mol. The number of nitrogens with one attached hydrogen (secondary N) is 1. The van der Waals surface area contributed by atoms with Crippen LogP contribution in [0.2, 0.25) is 0 Å². The lowest BCUT2D eigenvalue weighted by molar-refractivity contribution is 0.628. The monoisotopic (exact) mass is 202 g/mol. The van der Waals surface area contributed by atoms with Gasteiger partial charge in [0.1, 0.15) is 5.82 Å². The van der Waals surface area contributed by atoms with E-state index in [9.17, 15) is 4.39 Å². The number of pyridine rings is 1. The smallest absolute Gasteiger partial charge is 0.125 e. The molecule has 0 radical (unpaired) electrons. The van der Waals surface area contributed by atoms with Crippen molar-refractivity contribution >= 4 is 5.69 Å². The molecule has 3 heteroatoms. The fourth-order valence-corrected chi connectivity index (χ4v) is 1.30. The maximum atomic E-state index is 12.8. The Morgan fingerprint density at radius 3 is 2.67 bits per heavy atom. The van der Waals surface area contributed by atoms with E-state index in [0.717, 1.165) is 11.3 Å². The first-order valence-corrected chi connectivity index (χ1v) is 4.73. The molecule has 0 saturated carbocycles.